The van der Waals surface area contributed by atoms with Crippen LogP contribution >= 0.6 is 0 Å². The van der Waals surface area contributed by atoms with Gasteiger partial charge in [0.2, 0.25) is 5.82 Å². The first-order valence-corrected chi connectivity index (χ1v) is 6.60. The lowest BCUT2D eigenvalue weighted by molar-refractivity contribution is -0.387. The number of nitro benzene ring substituents is 1. The molecule has 0 saturated carbocycles. The summed E-state index contributed by atoms with van der Waals surface area (Å²) in [6, 6.07) is 3.34. The Morgan fingerprint density at radius 3 is 2.48 bits per heavy atom. The second-order valence-corrected chi connectivity index (χ2v) is 5.52. The molecule has 0 N–H and O–H groups in total. The number of nitrogens with zero attached hydrogens (tertiary/aromatic N) is 2. The number of halogens is 1. The maximum Gasteiger partial charge on any atom is 0.414 e. The molecular formula is C14H19FN2O4. The number of hydrogen-bond donors (Lipinski definition) is 0. The van der Waals surface area contributed by atoms with Gasteiger partial charge < -0.3 is 4.74 Å². The molecule has 116 valence electrons. The summed E-state index contributed by atoms with van der Waals surface area (Å²) in [5.41, 5.74) is -1.07. The van der Waals surface area contributed by atoms with Gasteiger partial charge >= 0.3 is 11.8 Å². The molecule has 0 aliphatic carbocycles. The van der Waals surface area contributed by atoms with Crippen LogP contribution in [0.25, 0.3) is 0 Å². The van der Waals surface area contributed by atoms with Crippen molar-refractivity contribution in [3.8, 4) is 0 Å². The van der Waals surface area contributed by atoms with Crippen molar-refractivity contribution in [3.63, 3.8) is 0 Å². The predicted octanol–water partition coefficient (Wildman–Crippen LogP) is 3.89. The first-order chi connectivity index (χ1) is 9.65. The van der Waals surface area contributed by atoms with Crippen LogP contribution in [-0.4, -0.2) is 23.2 Å². The van der Waals surface area contributed by atoms with Gasteiger partial charge in [-0.3, -0.25) is 15.0 Å². The van der Waals surface area contributed by atoms with E-state index in [4.69, 9.17) is 4.74 Å². The third kappa shape index (κ3) is 4.70. The van der Waals surface area contributed by atoms with E-state index in [9.17, 15) is 19.3 Å². The highest BCUT2D eigenvalue weighted by Crippen LogP contribution is 2.25. The summed E-state index contributed by atoms with van der Waals surface area (Å²) in [7, 11) is 0. The van der Waals surface area contributed by atoms with E-state index in [2.05, 4.69) is 0 Å². The molecule has 0 spiro atoms. The molecule has 1 aromatic rings. The number of rotatable bonds is 4. The number of anilines is 1. The molecular weight excluding hydrogens is 279 g/mol. The van der Waals surface area contributed by atoms with Gasteiger partial charge in [-0.25, -0.2) is 4.79 Å². The Hall–Kier alpha value is -2.18. The Bertz CT molecular complexity index is 540. The zero-order valence-corrected chi connectivity index (χ0v) is 12.6. The molecule has 1 aromatic carbocycles. The summed E-state index contributed by atoms with van der Waals surface area (Å²) >= 11 is 0. The van der Waals surface area contributed by atoms with Crippen molar-refractivity contribution in [1.82, 2.24) is 0 Å². The predicted molar refractivity (Wildman–Crippen MR) is 76.9 cm³/mol. The standard InChI is InChI=1S/C14H19FN2O4/c1-5-8-16(13(18)21-14(2,3)4)10-6-7-12(17(19)20)11(15)9-10/h6-7,9H,5,8H2,1-4H3. The van der Waals surface area contributed by atoms with Crippen LogP contribution in [0.5, 0.6) is 0 Å². The molecule has 7 heteroatoms. The third-order valence-electron chi connectivity index (χ3n) is 2.50. The molecule has 1 rings (SSSR count). The zero-order valence-electron chi connectivity index (χ0n) is 12.6. The van der Waals surface area contributed by atoms with Gasteiger partial charge in [-0.1, -0.05) is 6.92 Å². The highest BCUT2D eigenvalue weighted by atomic mass is 19.1. The van der Waals surface area contributed by atoms with Crippen LogP contribution in [-0.2, 0) is 4.74 Å². The lowest BCUT2D eigenvalue weighted by Gasteiger charge is -2.27. The molecule has 0 aliphatic heterocycles. The molecule has 0 aromatic heterocycles. The molecule has 6 nitrogen and oxygen atoms in total. The minimum absolute atomic E-state index is 0.231. The minimum Gasteiger partial charge on any atom is -0.443 e. The van der Waals surface area contributed by atoms with E-state index in [0.29, 0.717) is 13.0 Å². The van der Waals surface area contributed by atoms with Crippen LogP contribution in [0.15, 0.2) is 18.2 Å². The van der Waals surface area contributed by atoms with E-state index in [0.717, 1.165) is 12.1 Å². The largest absolute Gasteiger partial charge is 0.443 e. The number of carbonyl (C=O) groups excluding carboxylic acids is 1. The van der Waals surface area contributed by atoms with Crippen LogP contribution < -0.4 is 4.90 Å². The minimum atomic E-state index is -0.984. The fourth-order valence-electron chi connectivity index (χ4n) is 1.68. The van der Waals surface area contributed by atoms with Crippen LogP contribution in [0.4, 0.5) is 20.6 Å². The molecule has 0 atom stereocenters. The van der Waals surface area contributed by atoms with Gasteiger partial charge in [-0.2, -0.15) is 4.39 Å². The molecule has 0 radical (unpaired) electrons. The van der Waals surface area contributed by atoms with Crippen LogP contribution in [0.2, 0.25) is 0 Å². The van der Waals surface area contributed by atoms with Gasteiger partial charge in [0.1, 0.15) is 5.60 Å². The number of carbonyl (C=O) groups is 1. The fraction of sp³-hybridized carbons (Fsp3) is 0.500. The van der Waals surface area contributed by atoms with Crippen molar-refractivity contribution in [1.29, 1.82) is 0 Å². The van der Waals surface area contributed by atoms with Crippen molar-refractivity contribution in [2.45, 2.75) is 39.7 Å². The van der Waals surface area contributed by atoms with Gasteiger partial charge in [-0.15, -0.1) is 0 Å². The van der Waals surface area contributed by atoms with E-state index < -0.39 is 28.1 Å². The normalized spacial score (nSPS) is 11.1. The van der Waals surface area contributed by atoms with Crippen molar-refractivity contribution < 1.29 is 18.8 Å². The van der Waals surface area contributed by atoms with Crippen LogP contribution in [0.1, 0.15) is 34.1 Å². The van der Waals surface area contributed by atoms with Crippen molar-refractivity contribution in [3.05, 3.63) is 34.1 Å². The van der Waals surface area contributed by atoms with E-state index in [1.165, 1.54) is 11.0 Å². The summed E-state index contributed by atoms with van der Waals surface area (Å²) in [5.74, 6) is -0.984. The highest BCUT2D eigenvalue weighted by molar-refractivity contribution is 5.88. The molecule has 0 heterocycles. The number of amides is 1. The topological polar surface area (TPSA) is 72.7 Å². The van der Waals surface area contributed by atoms with Gasteiger partial charge in [-0.05, 0) is 33.3 Å². The monoisotopic (exact) mass is 298 g/mol. The quantitative estimate of drug-likeness (QED) is 0.624. The van der Waals surface area contributed by atoms with Crippen molar-refractivity contribution in [2.24, 2.45) is 0 Å². The summed E-state index contributed by atoms with van der Waals surface area (Å²) in [5, 5.41) is 10.6. The molecule has 0 bridgehead atoms. The Balaban J connectivity index is 3.08. The highest BCUT2D eigenvalue weighted by Gasteiger charge is 2.24. The summed E-state index contributed by atoms with van der Waals surface area (Å²) in [6.07, 6.45) is 0.0234. The number of nitro groups is 1. The number of hydrogen-bond acceptors (Lipinski definition) is 4. The Morgan fingerprint density at radius 2 is 2.05 bits per heavy atom. The molecule has 0 unspecified atom stereocenters. The van der Waals surface area contributed by atoms with E-state index >= 15 is 0 Å². The second kappa shape index (κ2) is 6.51. The second-order valence-electron chi connectivity index (χ2n) is 5.52. The van der Waals surface area contributed by atoms with Gasteiger partial charge in [0.15, 0.2) is 0 Å². The average Bonchev–Trinajstić information content (AvgIpc) is 2.33. The third-order valence-corrected chi connectivity index (χ3v) is 2.50. The maximum atomic E-state index is 13.7. The maximum absolute atomic E-state index is 13.7. The van der Waals surface area contributed by atoms with E-state index in [-0.39, 0.29) is 5.69 Å². The van der Waals surface area contributed by atoms with Gasteiger partial charge in [0.05, 0.1) is 10.6 Å². The lowest BCUT2D eigenvalue weighted by Crippen LogP contribution is -2.37. The molecule has 1 amide bonds. The van der Waals surface area contributed by atoms with Crippen molar-refractivity contribution >= 4 is 17.5 Å². The average molecular weight is 298 g/mol. The van der Waals surface area contributed by atoms with E-state index in [1.54, 1.807) is 20.8 Å². The molecule has 0 saturated heterocycles. The molecule has 0 aliphatic rings. The Labute approximate surface area is 122 Å². The first kappa shape index (κ1) is 16.9. The summed E-state index contributed by atoms with van der Waals surface area (Å²) < 4.78 is 18.9. The van der Waals surface area contributed by atoms with Crippen molar-refractivity contribution in [2.75, 3.05) is 11.4 Å². The summed E-state index contributed by atoms with van der Waals surface area (Å²) in [4.78, 5) is 23.2. The summed E-state index contributed by atoms with van der Waals surface area (Å²) in [6.45, 7) is 7.37. The lowest BCUT2D eigenvalue weighted by atomic mass is 10.2. The van der Waals surface area contributed by atoms with Gasteiger partial charge in [0.25, 0.3) is 0 Å². The SMILES string of the molecule is CCCN(C(=O)OC(C)(C)C)c1ccc([N+](=O)[O-])c(F)c1. The van der Waals surface area contributed by atoms with Crippen LogP contribution in [0, 0.1) is 15.9 Å². The fourth-order valence-corrected chi connectivity index (χ4v) is 1.68. The smallest absolute Gasteiger partial charge is 0.414 e. The molecule has 0 fully saturated rings. The number of ether oxygens (including phenoxy) is 1. The zero-order chi connectivity index (χ0) is 16.2. The molecule has 21 heavy (non-hydrogen) atoms. The van der Waals surface area contributed by atoms with Crippen LogP contribution in [0.3, 0.4) is 0 Å². The Morgan fingerprint density at radius 1 is 1.43 bits per heavy atom. The first-order valence-electron chi connectivity index (χ1n) is 6.60. The Kier molecular flexibility index (Phi) is 5.23. The number of benzene rings is 1. The van der Waals surface area contributed by atoms with Gasteiger partial charge in [0, 0.05) is 18.7 Å². The van der Waals surface area contributed by atoms with E-state index in [1.807, 2.05) is 6.92 Å².